The molecule has 0 atom stereocenters. The fraction of sp³-hybridized carbons (Fsp3) is 0.321. The van der Waals surface area contributed by atoms with Crippen molar-refractivity contribution in [2.75, 3.05) is 21.3 Å². The first-order chi connectivity index (χ1) is 28.8. The van der Waals surface area contributed by atoms with Gasteiger partial charge in [-0.05, 0) is 133 Å². The second-order valence-electron chi connectivity index (χ2n) is 18.5. The van der Waals surface area contributed by atoms with Crippen molar-refractivity contribution < 1.29 is 0 Å². The van der Waals surface area contributed by atoms with E-state index in [9.17, 15) is 0 Å². The number of thioether (sulfide) groups is 2. The SMILES string of the molecule is CCCCSc1ccc2c(N(c3ccc(C)cc3)c3ccc(C(C)(C)C)cc3)c3cc(SCCCC)ccc3c(N(c3ccc(C)cc3)c3ccc(C(C)(C)C)cc3)c2c1. The van der Waals surface area contributed by atoms with Crippen molar-refractivity contribution in [3.05, 3.63) is 156 Å². The first kappa shape index (κ1) is 43.4. The van der Waals surface area contributed by atoms with Crippen LogP contribution < -0.4 is 9.80 Å². The average molecular weight is 829 g/mol. The van der Waals surface area contributed by atoms with Crippen molar-refractivity contribution in [2.24, 2.45) is 0 Å². The molecule has 60 heavy (non-hydrogen) atoms. The smallest absolute Gasteiger partial charge is 0.0620 e. The topological polar surface area (TPSA) is 6.48 Å². The largest absolute Gasteiger partial charge is 0.309 e. The van der Waals surface area contributed by atoms with Gasteiger partial charge in [0.05, 0.1) is 11.4 Å². The quantitative estimate of drug-likeness (QED) is 0.0466. The van der Waals surface area contributed by atoms with Crippen molar-refractivity contribution in [1.82, 2.24) is 0 Å². The van der Waals surface area contributed by atoms with Gasteiger partial charge in [0.2, 0.25) is 0 Å². The van der Waals surface area contributed by atoms with Crippen molar-refractivity contribution in [3.63, 3.8) is 0 Å². The molecular formula is C56H64N2S2. The highest BCUT2D eigenvalue weighted by Crippen LogP contribution is 2.52. The highest BCUT2D eigenvalue weighted by molar-refractivity contribution is 7.99. The third kappa shape index (κ3) is 9.61. The zero-order valence-corrected chi connectivity index (χ0v) is 39.3. The Labute approximate surface area is 369 Å². The van der Waals surface area contributed by atoms with E-state index in [0.29, 0.717) is 0 Å². The molecule has 0 aliphatic heterocycles. The molecule has 0 amide bonds. The van der Waals surface area contributed by atoms with Gasteiger partial charge in [0, 0.05) is 54.1 Å². The number of rotatable bonds is 14. The van der Waals surface area contributed by atoms with Crippen LogP contribution in [0, 0.1) is 13.8 Å². The van der Waals surface area contributed by atoms with Gasteiger partial charge in [0.1, 0.15) is 0 Å². The Kier molecular flexibility index (Phi) is 13.4. The molecule has 0 unspecified atom stereocenters. The van der Waals surface area contributed by atoms with Crippen molar-refractivity contribution >= 4 is 79.2 Å². The maximum atomic E-state index is 2.53. The van der Waals surface area contributed by atoms with E-state index in [1.165, 1.54) is 90.6 Å². The van der Waals surface area contributed by atoms with E-state index in [0.717, 1.165) is 34.3 Å². The molecule has 0 N–H and O–H groups in total. The average Bonchev–Trinajstić information content (AvgIpc) is 3.23. The van der Waals surface area contributed by atoms with E-state index in [4.69, 9.17) is 0 Å². The van der Waals surface area contributed by atoms with E-state index >= 15 is 0 Å². The maximum Gasteiger partial charge on any atom is 0.0620 e. The van der Waals surface area contributed by atoms with Gasteiger partial charge in [0.25, 0.3) is 0 Å². The first-order valence-electron chi connectivity index (χ1n) is 22.0. The van der Waals surface area contributed by atoms with Gasteiger partial charge in [-0.2, -0.15) is 0 Å². The molecule has 7 aromatic carbocycles. The summed E-state index contributed by atoms with van der Waals surface area (Å²) in [5.41, 5.74) is 12.3. The lowest BCUT2D eigenvalue weighted by molar-refractivity contribution is 0.590. The van der Waals surface area contributed by atoms with Gasteiger partial charge in [-0.15, -0.1) is 23.5 Å². The molecule has 0 saturated carbocycles. The molecule has 0 saturated heterocycles. The molecule has 7 aromatic rings. The summed E-state index contributed by atoms with van der Waals surface area (Å²) in [6, 6.07) is 51.3. The maximum absolute atomic E-state index is 2.53. The Morgan fingerprint density at radius 2 is 0.717 bits per heavy atom. The second-order valence-corrected chi connectivity index (χ2v) is 20.8. The molecule has 0 radical (unpaired) electrons. The number of aryl methyl sites for hydroxylation is 2. The van der Waals surface area contributed by atoms with Crippen molar-refractivity contribution in [2.45, 2.75) is 116 Å². The van der Waals surface area contributed by atoms with Gasteiger partial charge >= 0.3 is 0 Å². The monoisotopic (exact) mass is 828 g/mol. The van der Waals surface area contributed by atoms with E-state index in [2.05, 4.69) is 212 Å². The Morgan fingerprint density at radius 3 is 1.02 bits per heavy atom. The summed E-state index contributed by atoms with van der Waals surface area (Å²) >= 11 is 3.95. The van der Waals surface area contributed by atoms with Crippen LogP contribution in [0.3, 0.4) is 0 Å². The molecule has 0 bridgehead atoms. The summed E-state index contributed by atoms with van der Waals surface area (Å²) in [5.74, 6) is 2.20. The molecule has 7 rings (SSSR count). The lowest BCUT2D eigenvalue weighted by atomic mass is 9.87. The van der Waals surface area contributed by atoms with Crippen LogP contribution in [0.2, 0.25) is 0 Å². The Bertz CT molecular complexity index is 2340. The number of nitrogens with zero attached hydrogens (tertiary/aromatic N) is 2. The van der Waals surface area contributed by atoms with Gasteiger partial charge < -0.3 is 9.80 Å². The van der Waals surface area contributed by atoms with Crippen LogP contribution >= 0.6 is 23.5 Å². The minimum atomic E-state index is 0.0508. The Hall–Kier alpha value is -4.64. The van der Waals surface area contributed by atoms with E-state index in [-0.39, 0.29) is 10.8 Å². The molecular weight excluding hydrogens is 765 g/mol. The number of anilines is 6. The first-order valence-corrected chi connectivity index (χ1v) is 24.0. The molecule has 0 aliphatic rings. The standard InChI is InChI=1S/C56H64N2S2/c1-11-13-35-59-47-31-33-49-51(37-47)53(57(43-23-15-39(3)16-24-43)45-27-19-41(20-28-45)55(5,6)7)50-34-32-48(60-36-14-12-2)38-52(50)54(49)58(44-25-17-40(4)18-26-44)46-29-21-42(22-30-46)56(8,9)10/h15-34,37-38H,11-14,35-36H2,1-10H3. The number of unbranched alkanes of at least 4 members (excludes halogenated alkanes) is 2. The van der Waals surface area contributed by atoms with Crippen LogP contribution in [-0.4, -0.2) is 11.5 Å². The fourth-order valence-corrected chi connectivity index (χ4v) is 9.96. The molecule has 0 spiro atoms. The van der Waals surface area contributed by atoms with Gasteiger partial charge in [0.15, 0.2) is 0 Å². The van der Waals surface area contributed by atoms with Crippen LogP contribution in [0.25, 0.3) is 21.5 Å². The predicted molar refractivity (Wildman–Crippen MR) is 269 cm³/mol. The number of hydrogen-bond donors (Lipinski definition) is 0. The van der Waals surface area contributed by atoms with Crippen LogP contribution in [0.4, 0.5) is 34.1 Å². The summed E-state index contributed by atoms with van der Waals surface area (Å²) in [6.45, 7) is 22.7. The van der Waals surface area contributed by atoms with Crippen molar-refractivity contribution in [1.29, 1.82) is 0 Å². The minimum Gasteiger partial charge on any atom is -0.309 e. The Balaban J connectivity index is 1.62. The van der Waals surface area contributed by atoms with Crippen LogP contribution in [0.5, 0.6) is 0 Å². The predicted octanol–water partition coefficient (Wildman–Crippen LogP) is 17.9. The molecule has 0 aliphatic carbocycles. The third-order valence-electron chi connectivity index (χ3n) is 11.6. The van der Waals surface area contributed by atoms with Gasteiger partial charge in [-0.25, -0.2) is 0 Å². The number of fused-ring (bicyclic) bond motifs is 2. The number of benzene rings is 7. The lowest BCUT2D eigenvalue weighted by Crippen LogP contribution is -2.16. The van der Waals surface area contributed by atoms with E-state index in [1.54, 1.807) is 0 Å². The molecule has 310 valence electrons. The van der Waals surface area contributed by atoms with E-state index < -0.39 is 0 Å². The molecule has 0 fully saturated rings. The zero-order valence-electron chi connectivity index (χ0n) is 37.7. The van der Waals surface area contributed by atoms with Crippen LogP contribution in [-0.2, 0) is 10.8 Å². The highest BCUT2D eigenvalue weighted by Gasteiger charge is 2.27. The Morgan fingerprint density at radius 1 is 0.400 bits per heavy atom. The summed E-state index contributed by atoms with van der Waals surface area (Å²) in [7, 11) is 0. The summed E-state index contributed by atoms with van der Waals surface area (Å²) in [4.78, 5) is 7.66. The summed E-state index contributed by atoms with van der Waals surface area (Å²) in [5, 5.41) is 4.96. The molecule has 4 heteroatoms. The van der Waals surface area contributed by atoms with Crippen LogP contribution in [0.15, 0.2) is 143 Å². The third-order valence-corrected chi connectivity index (χ3v) is 13.7. The number of hydrogen-bond acceptors (Lipinski definition) is 4. The van der Waals surface area contributed by atoms with Gasteiger partial charge in [-0.3, -0.25) is 0 Å². The summed E-state index contributed by atoms with van der Waals surface area (Å²) < 4.78 is 0. The van der Waals surface area contributed by atoms with Crippen molar-refractivity contribution in [3.8, 4) is 0 Å². The molecule has 0 aromatic heterocycles. The zero-order chi connectivity index (χ0) is 42.6. The summed E-state index contributed by atoms with van der Waals surface area (Å²) in [6.07, 6.45) is 4.76. The fourth-order valence-electron chi connectivity index (χ4n) is 7.90. The molecule has 2 nitrogen and oxygen atoms in total. The normalized spacial score (nSPS) is 12.0. The van der Waals surface area contributed by atoms with Crippen LogP contribution in [0.1, 0.15) is 103 Å². The van der Waals surface area contributed by atoms with Gasteiger partial charge in [-0.1, -0.05) is 140 Å². The van der Waals surface area contributed by atoms with E-state index in [1.807, 2.05) is 23.5 Å². The molecule has 0 heterocycles. The highest BCUT2D eigenvalue weighted by atomic mass is 32.2. The second kappa shape index (κ2) is 18.5. The lowest BCUT2D eigenvalue weighted by Gasteiger charge is -2.33. The minimum absolute atomic E-state index is 0.0508.